The number of allylic oxidation sites excluding steroid dienone is 2. The number of likely N-dealkylation sites (N-methyl/N-ethyl adjacent to an activating group) is 1. The molecule has 27 heavy (non-hydrogen) atoms. The van der Waals surface area contributed by atoms with Gasteiger partial charge in [0.05, 0.1) is 19.8 Å². The van der Waals surface area contributed by atoms with E-state index in [1.54, 1.807) is 0 Å². The summed E-state index contributed by atoms with van der Waals surface area (Å²) in [6.45, 7) is 4.65. The first-order chi connectivity index (χ1) is 13.2. The van der Waals surface area contributed by atoms with Gasteiger partial charge in [0.15, 0.2) is 0 Å². The molecule has 0 amide bonds. The van der Waals surface area contributed by atoms with Crippen molar-refractivity contribution in [1.82, 2.24) is 4.98 Å². The zero-order valence-electron chi connectivity index (χ0n) is 17.8. The smallest absolute Gasteiger partial charge is 0.102 e. The first-order valence-corrected chi connectivity index (χ1v) is 11.4. The molecule has 0 saturated heterocycles. The largest absolute Gasteiger partial charge is 0.296 e. The van der Waals surface area contributed by atoms with E-state index in [2.05, 4.69) is 49.4 Å². The van der Waals surface area contributed by atoms with Crippen molar-refractivity contribution in [2.45, 2.75) is 84.0 Å². The zero-order valence-corrected chi connectivity index (χ0v) is 17.8. The molecule has 0 aliphatic carbocycles. The van der Waals surface area contributed by atoms with Gasteiger partial charge in [0.1, 0.15) is 6.54 Å². The van der Waals surface area contributed by atoms with Crippen LogP contribution >= 0.6 is 0 Å². The summed E-state index contributed by atoms with van der Waals surface area (Å²) in [5.74, 6) is 0. The van der Waals surface area contributed by atoms with Gasteiger partial charge in [-0.25, -0.2) is 0 Å². The van der Waals surface area contributed by atoms with Crippen LogP contribution < -0.4 is 0 Å². The first-order valence-electron chi connectivity index (χ1n) is 11.4. The Labute approximate surface area is 168 Å². The van der Waals surface area contributed by atoms with Crippen LogP contribution in [-0.4, -0.2) is 29.6 Å². The fraction of sp³-hybridized carbons (Fsp3) is 0.640. The highest BCUT2D eigenvalue weighted by atomic mass is 15.3. The van der Waals surface area contributed by atoms with Gasteiger partial charge in [-0.3, -0.25) is 9.47 Å². The summed E-state index contributed by atoms with van der Waals surface area (Å²) in [6.07, 6.45) is 27.9. The molecule has 2 nitrogen and oxygen atoms in total. The van der Waals surface area contributed by atoms with Gasteiger partial charge in [-0.05, 0) is 48.3 Å². The fourth-order valence-electron chi connectivity index (χ4n) is 3.93. The molecule has 1 aromatic heterocycles. The lowest BCUT2D eigenvalue weighted by molar-refractivity contribution is -0.854. The number of nitrogens with zero attached hydrogens (tertiary/aromatic N) is 2. The maximum atomic E-state index is 4.11. The van der Waals surface area contributed by atoms with E-state index in [1.165, 1.54) is 94.7 Å². The highest BCUT2D eigenvalue weighted by molar-refractivity contribution is 5.73. The molecule has 150 valence electrons. The van der Waals surface area contributed by atoms with Crippen LogP contribution in [-0.2, 0) is 0 Å². The Kier molecular flexibility index (Phi) is 10.4. The van der Waals surface area contributed by atoms with E-state index >= 15 is 0 Å². The summed E-state index contributed by atoms with van der Waals surface area (Å²) in [5, 5.41) is 0. The van der Waals surface area contributed by atoms with Crippen molar-refractivity contribution in [1.29, 1.82) is 0 Å². The van der Waals surface area contributed by atoms with Crippen LogP contribution in [0.25, 0.3) is 5.57 Å². The minimum absolute atomic E-state index is 1.05. The normalized spacial score (nSPS) is 19.3. The van der Waals surface area contributed by atoms with Gasteiger partial charge < -0.3 is 0 Å². The van der Waals surface area contributed by atoms with Gasteiger partial charge in [-0.15, -0.1) is 0 Å². The van der Waals surface area contributed by atoms with Crippen LogP contribution in [0.3, 0.4) is 0 Å². The maximum absolute atomic E-state index is 4.11. The standard InChI is InChI=1S/C25H41N2/c1-3-4-5-6-7-8-9-10-11-12-13-14-21-27(2)22-17-25(18-23-27)24-15-19-26-20-16-24/h15-20,22H,3-14,21,23H2,1-2H3/q+1. The minimum Gasteiger partial charge on any atom is -0.296 e. The van der Waals surface area contributed by atoms with Gasteiger partial charge in [-0.2, -0.15) is 0 Å². The summed E-state index contributed by atoms with van der Waals surface area (Å²) < 4.78 is 1.05. The SMILES string of the molecule is CCCCCCCCCCCCCC[N+]1(C)C=CC(c2ccncc2)=CC1. The quantitative estimate of drug-likeness (QED) is 0.251. The molecule has 1 unspecified atom stereocenters. The lowest BCUT2D eigenvalue weighted by Gasteiger charge is -2.32. The Morgan fingerprint density at radius 3 is 1.89 bits per heavy atom. The third-order valence-electron chi connectivity index (χ3n) is 5.88. The number of aromatic nitrogens is 1. The van der Waals surface area contributed by atoms with E-state index in [9.17, 15) is 0 Å². The molecule has 1 aromatic rings. The summed E-state index contributed by atoms with van der Waals surface area (Å²) in [4.78, 5) is 4.11. The Bertz CT molecular complexity index is 561. The second-order valence-electron chi connectivity index (χ2n) is 8.49. The first kappa shape index (κ1) is 21.9. The second kappa shape index (κ2) is 12.9. The molecule has 1 aliphatic heterocycles. The monoisotopic (exact) mass is 369 g/mol. The molecule has 0 saturated carbocycles. The zero-order chi connectivity index (χ0) is 19.2. The van der Waals surface area contributed by atoms with Crippen molar-refractivity contribution in [3.05, 3.63) is 48.4 Å². The summed E-state index contributed by atoms with van der Waals surface area (Å²) in [7, 11) is 2.36. The van der Waals surface area contributed by atoms with Crippen molar-refractivity contribution in [2.24, 2.45) is 0 Å². The van der Waals surface area contributed by atoms with Crippen LogP contribution in [0.15, 0.2) is 42.9 Å². The summed E-state index contributed by atoms with van der Waals surface area (Å²) >= 11 is 0. The van der Waals surface area contributed by atoms with Crippen LogP contribution in [0.5, 0.6) is 0 Å². The van der Waals surface area contributed by atoms with Gasteiger partial charge in [0.25, 0.3) is 0 Å². The molecule has 0 fully saturated rings. The molecule has 0 aromatic carbocycles. The molecule has 2 heterocycles. The molecule has 0 N–H and O–H groups in total. The molecule has 0 radical (unpaired) electrons. The molecule has 1 atom stereocenters. The number of hydrogen-bond donors (Lipinski definition) is 0. The molecule has 2 rings (SSSR count). The molecular formula is C25H41N2+. The number of hydrogen-bond acceptors (Lipinski definition) is 1. The molecule has 2 heteroatoms. The average Bonchev–Trinajstić information content (AvgIpc) is 2.70. The van der Waals surface area contributed by atoms with Gasteiger partial charge in [0, 0.05) is 12.4 Å². The Balaban J connectivity index is 1.49. The minimum atomic E-state index is 1.05. The van der Waals surface area contributed by atoms with E-state index in [-0.39, 0.29) is 0 Å². The van der Waals surface area contributed by atoms with E-state index in [0.29, 0.717) is 0 Å². The Hall–Kier alpha value is -1.41. The van der Waals surface area contributed by atoms with E-state index in [4.69, 9.17) is 0 Å². The van der Waals surface area contributed by atoms with E-state index in [1.807, 2.05) is 12.4 Å². The summed E-state index contributed by atoms with van der Waals surface area (Å²) in [6, 6.07) is 4.19. The van der Waals surface area contributed by atoms with Crippen LogP contribution in [0.4, 0.5) is 0 Å². The third-order valence-corrected chi connectivity index (χ3v) is 5.88. The van der Waals surface area contributed by atoms with Gasteiger partial charge >= 0.3 is 0 Å². The van der Waals surface area contributed by atoms with Gasteiger partial charge in [0.2, 0.25) is 0 Å². The molecule has 0 bridgehead atoms. The van der Waals surface area contributed by atoms with Crippen molar-refractivity contribution in [3.63, 3.8) is 0 Å². The Morgan fingerprint density at radius 2 is 1.37 bits per heavy atom. The average molecular weight is 370 g/mol. The van der Waals surface area contributed by atoms with Crippen LogP contribution in [0.2, 0.25) is 0 Å². The maximum Gasteiger partial charge on any atom is 0.102 e. The van der Waals surface area contributed by atoms with Crippen molar-refractivity contribution >= 4 is 5.57 Å². The number of unbranched alkanes of at least 4 members (excludes halogenated alkanes) is 11. The van der Waals surface area contributed by atoms with E-state index in [0.717, 1.165) is 11.0 Å². The third kappa shape index (κ3) is 8.88. The van der Waals surface area contributed by atoms with Crippen LogP contribution in [0.1, 0.15) is 89.5 Å². The van der Waals surface area contributed by atoms with Crippen LogP contribution in [0, 0.1) is 0 Å². The molecule has 0 spiro atoms. The van der Waals surface area contributed by atoms with E-state index < -0.39 is 0 Å². The van der Waals surface area contributed by atoms with Crippen molar-refractivity contribution < 1.29 is 4.48 Å². The predicted octanol–water partition coefficient (Wildman–Crippen LogP) is 7.14. The van der Waals surface area contributed by atoms with Crippen molar-refractivity contribution in [2.75, 3.05) is 20.1 Å². The van der Waals surface area contributed by atoms with Gasteiger partial charge in [-0.1, -0.05) is 71.1 Å². The number of pyridine rings is 1. The highest BCUT2D eigenvalue weighted by Gasteiger charge is 2.20. The predicted molar refractivity (Wildman–Crippen MR) is 118 cm³/mol. The second-order valence-corrected chi connectivity index (χ2v) is 8.49. The lowest BCUT2D eigenvalue weighted by Crippen LogP contribution is -2.40. The Morgan fingerprint density at radius 1 is 0.815 bits per heavy atom. The molecule has 1 aliphatic rings. The highest BCUT2D eigenvalue weighted by Crippen LogP contribution is 2.23. The number of rotatable bonds is 14. The lowest BCUT2D eigenvalue weighted by atomic mass is 10.0. The summed E-state index contributed by atoms with van der Waals surface area (Å²) in [5.41, 5.74) is 2.61. The topological polar surface area (TPSA) is 12.9 Å². The molecular weight excluding hydrogens is 328 g/mol. The fourth-order valence-corrected chi connectivity index (χ4v) is 3.93. The van der Waals surface area contributed by atoms with Crippen molar-refractivity contribution in [3.8, 4) is 0 Å². The number of quaternary nitrogens is 1.